The highest BCUT2D eigenvalue weighted by atomic mass is 32.1. The van der Waals surface area contributed by atoms with Crippen LogP contribution in [0.5, 0.6) is 0 Å². The SMILES string of the molecule is Cc1csc(N2CCCN(CC(=O)NCC3(N4CCOCC4)CCCCC3)CC2)n1. The van der Waals surface area contributed by atoms with E-state index in [1.54, 1.807) is 11.3 Å². The molecule has 4 rings (SSSR count). The predicted molar refractivity (Wildman–Crippen MR) is 121 cm³/mol. The number of aromatic nitrogens is 1. The van der Waals surface area contributed by atoms with E-state index < -0.39 is 0 Å². The molecule has 3 heterocycles. The minimum Gasteiger partial charge on any atom is -0.379 e. The average molecular weight is 436 g/mol. The van der Waals surface area contributed by atoms with Gasteiger partial charge in [0.05, 0.1) is 25.5 Å². The second-order valence-corrected chi connectivity index (χ2v) is 9.89. The van der Waals surface area contributed by atoms with Gasteiger partial charge in [-0.3, -0.25) is 14.6 Å². The molecular formula is C22H37N5O2S. The maximum atomic E-state index is 12.8. The molecular weight excluding hydrogens is 398 g/mol. The minimum absolute atomic E-state index is 0.135. The first-order valence-electron chi connectivity index (χ1n) is 11.6. The van der Waals surface area contributed by atoms with Crippen molar-refractivity contribution in [2.24, 2.45) is 0 Å². The Morgan fingerprint density at radius 2 is 1.90 bits per heavy atom. The Morgan fingerprint density at radius 3 is 2.63 bits per heavy atom. The molecule has 1 saturated carbocycles. The van der Waals surface area contributed by atoms with E-state index in [1.165, 1.54) is 32.1 Å². The van der Waals surface area contributed by atoms with E-state index in [-0.39, 0.29) is 11.4 Å². The van der Waals surface area contributed by atoms with Gasteiger partial charge in [0, 0.05) is 56.7 Å². The molecule has 1 N–H and O–H groups in total. The van der Waals surface area contributed by atoms with Crippen molar-refractivity contribution in [2.45, 2.75) is 51.0 Å². The van der Waals surface area contributed by atoms with Gasteiger partial charge in [-0.15, -0.1) is 11.3 Å². The summed E-state index contributed by atoms with van der Waals surface area (Å²) >= 11 is 1.72. The number of hydrogen-bond acceptors (Lipinski definition) is 7. The topological polar surface area (TPSA) is 60.9 Å². The molecule has 3 fully saturated rings. The molecule has 0 atom stereocenters. The Balaban J connectivity index is 1.27. The lowest BCUT2D eigenvalue weighted by Crippen LogP contribution is -2.60. The molecule has 3 aliphatic rings. The Labute approximate surface area is 184 Å². The normalized spacial score (nSPS) is 23.8. The van der Waals surface area contributed by atoms with Crippen molar-refractivity contribution in [2.75, 3.05) is 70.5 Å². The number of nitrogens with one attached hydrogen (secondary N) is 1. The number of carbonyl (C=O) groups is 1. The smallest absolute Gasteiger partial charge is 0.234 e. The Hall–Kier alpha value is -1.22. The molecule has 7 nitrogen and oxygen atoms in total. The van der Waals surface area contributed by atoms with Crippen LogP contribution in [0.15, 0.2) is 5.38 Å². The molecule has 0 radical (unpaired) electrons. The first-order valence-corrected chi connectivity index (χ1v) is 12.5. The van der Waals surface area contributed by atoms with Crippen LogP contribution in [-0.4, -0.2) is 91.8 Å². The van der Waals surface area contributed by atoms with Crippen LogP contribution in [0.2, 0.25) is 0 Å². The van der Waals surface area contributed by atoms with Gasteiger partial charge < -0.3 is 15.0 Å². The fraction of sp³-hybridized carbons (Fsp3) is 0.818. The van der Waals surface area contributed by atoms with Crippen LogP contribution in [0.3, 0.4) is 0 Å². The largest absolute Gasteiger partial charge is 0.379 e. The summed E-state index contributed by atoms with van der Waals surface area (Å²) in [5.41, 5.74) is 1.23. The van der Waals surface area contributed by atoms with E-state index in [4.69, 9.17) is 4.74 Å². The second kappa shape index (κ2) is 10.4. The van der Waals surface area contributed by atoms with Gasteiger partial charge in [-0.05, 0) is 26.2 Å². The molecule has 1 amide bonds. The third kappa shape index (κ3) is 5.52. The molecule has 0 spiro atoms. The summed E-state index contributed by atoms with van der Waals surface area (Å²) < 4.78 is 5.57. The molecule has 8 heteroatoms. The van der Waals surface area contributed by atoms with E-state index >= 15 is 0 Å². The van der Waals surface area contributed by atoms with Gasteiger partial charge in [0.2, 0.25) is 5.91 Å². The summed E-state index contributed by atoms with van der Waals surface area (Å²) in [7, 11) is 0. The molecule has 0 bridgehead atoms. The van der Waals surface area contributed by atoms with Crippen molar-refractivity contribution in [3.8, 4) is 0 Å². The zero-order chi connectivity index (χ0) is 20.8. The standard InChI is InChI=1S/C22H37N5O2S/c1-19-17-30-21(24-19)26-9-5-8-25(10-11-26)16-20(28)23-18-22(6-3-2-4-7-22)27-12-14-29-15-13-27/h17H,2-16,18H2,1H3,(H,23,28). The van der Waals surface area contributed by atoms with Crippen molar-refractivity contribution >= 4 is 22.4 Å². The number of amides is 1. The average Bonchev–Trinajstić information content (AvgIpc) is 3.08. The van der Waals surface area contributed by atoms with E-state index in [0.29, 0.717) is 6.54 Å². The fourth-order valence-electron chi connectivity index (χ4n) is 5.18. The van der Waals surface area contributed by atoms with Crippen LogP contribution in [-0.2, 0) is 9.53 Å². The van der Waals surface area contributed by atoms with E-state index in [0.717, 1.165) is 76.3 Å². The number of carbonyl (C=O) groups excluding carboxylic acids is 1. The minimum atomic E-state index is 0.135. The zero-order valence-corrected chi connectivity index (χ0v) is 19.2. The highest BCUT2D eigenvalue weighted by Crippen LogP contribution is 2.33. The van der Waals surface area contributed by atoms with Crippen molar-refractivity contribution in [3.63, 3.8) is 0 Å². The van der Waals surface area contributed by atoms with Gasteiger partial charge in [-0.1, -0.05) is 19.3 Å². The van der Waals surface area contributed by atoms with Crippen molar-refractivity contribution in [1.82, 2.24) is 20.1 Å². The third-order valence-electron chi connectivity index (χ3n) is 6.91. The van der Waals surface area contributed by atoms with Gasteiger partial charge in [-0.2, -0.15) is 0 Å². The van der Waals surface area contributed by atoms with Gasteiger partial charge >= 0.3 is 0 Å². The number of morpholine rings is 1. The highest BCUT2D eigenvalue weighted by molar-refractivity contribution is 7.13. The van der Waals surface area contributed by atoms with Crippen LogP contribution >= 0.6 is 11.3 Å². The van der Waals surface area contributed by atoms with Crippen molar-refractivity contribution in [1.29, 1.82) is 0 Å². The maximum absolute atomic E-state index is 12.8. The summed E-state index contributed by atoms with van der Waals surface area (Å²) in [4.78, 5) is 24.7. The summed E-state index contributed by atoms with van der Waals surface area (Å²) in [5.74, 6) is 0.173. The molecule has 0 aromatic carbocycles. The van der Waals surface area contributed by atoms with Gasteiger partial charge in [0.25, 0.3) is 0 Å². The summed E-state index contributed by atoms with van der Waals surface area (Å²) in [6.07, 6.45) is 7.32. The lowest BCUT2D eigenvalue weighted by atomic mass is 9.79. The molecule has 168 valence electrons. The van der Waals surface area contributed by atoms with Crippen LogP contribution < -0.4 is 10.2 Å². The number of aryl methyl sites for hydroxylation is 1. The van der Waals surface area contributed by atoms with E-state index in [1.807, 2.05) is 6.92 Å². The zero-order valence-electron chi connectivity index (χ0n) is 18.4. The van der Waals surface area contributed by atoms with E-state index in [9.17, 15) is 4.79 Å². The molecule has 1 aromatic heterocycles. The van der Waals surface area contributed by atoms with Crippen LogP contribution in [0.4, 0.5) is 5.13 Å². The predicted octanol–water partition coefficient (Wildman–Crippen LogP) is 2.11. The molecule has 2 aliphatic heterocycles. The summed E-state index contributed by atoms with van der Waals surface area (Å²) in [6.45, 7) is 10.8. The maximum Gasteiger partial charge on any atom is 0.234 e. The molecule has 0 unspecified atom stereocenters. The van der Waals surface area contributed by atoms with Gasteiger partial charge in [-0.25, -0.2) is 4.98 Å². The Morgan fingerprint density at radius 1 is 1.10 bits per heavy atom. The lowest BCUT2D eigenvalue weighted by molar-refractivity contribution is -0.123. The number of hydrogen-bond donors (Lipinski definition) is 1. The van der Waals surface area contributed by atoms with E-state index in [2.05, 4.69) is 30.4 Å². The van der Waals surface area contributed by atoms with Crippen molar-refractivity contribution in [3.05, 3.63) is 11.1 Å². The fourth-order valence-corrected chi connectivity index (χ4v) is 6.04. The Kier molecular flexibility index (Phi) is 7.62. The van der Waals surface area contributed by atoms with Crippen LogP contribution in [0.1, 0.15) is 44.2 Å². The van der Waals surface area contributed by atoms with Gasteiger partial charge in [0.15, 0.2) is 5.13 Å². The van der Waals surface area contributed by atoms with Crippen LogP contribution in [0, 0.1) is 6.92 Å². The number of nitrogens with zero attached hydrogens (tertiary/aromatic N) is 4. The Bertz CT molecular complexity index is 685. The van der Waals surface area contributed by atoms with Gasteiger partial charge in [0.1, 0.15) is 0 Å². The third-order valence-corrected chi connectivity index (χ3v) is 7.93. The number of rotatable bonds is 6. The molecule has 2 saturated heterocycles. The quantitative estimate of drug-likeness (QED) is 0.739. The molecule has 30 heavy (non-hydrogen) atoms. The first kappa shape index (κ1) is 22.0. The highest BCUT2D eigenvalue weighted by Gasteiger charge is 2.38. The summed E-state index contributed by atoms with van der Waals surface area (Å²) in [5, 5.41) is 6.54. The van der Waals surface area contributed by atoms with Crippen molar-refractivity contribution < 1.29 is 9.53 Å². The molecule has 1 aliphatic carbocycles. The number of ether oxygens (including phenoxy) is 1. The summed E-state index contributed by atoms with van der Waals surface area (Å²) in [6, 6.07) is 0. The second-order valence-electron chi connectivity index (χ2n) is 9.05. The van der Waals surface area contributed by atoms with Crippen LogP contribution in [0.25, 0.3) is 0 Å². The monoisotopic (exact) mass is 435 g/mol. The molecule has 1 aromatic rings. The number of anilines is 1. The first-order chi connectivity index (χ1) is 14.6. The lowest BCUT2D eigenvalue weighted by Gasteiger charge is -2.48. The number of thiazole rings is 1.